The highest BCUT2D eigenvalue weighted by atomic mass is 35.5. The van der Waals surface area contributed by atoms with E-state index in [9.17, 15) is 0 Å². The van der Waals surface area contributed by atoms with Crippen molar-refractivity contribution in [3.05, 3.63) is 0 Å². The number of ether oxygens (including phenoxy) is 3. The van der Waals surface area contributed by atoms with Crippen molar-refractivity contribution < 1.29 is 14.2 Å². The van der Waals surface area contributed by atoms with E-state index in [1.165, 1.54) is 122 Å². The summed E-state index contributed by atoms with van der Waals surface area (Å²) in [4.78, 5) is 0. The van der Waals surface area contributed by atoms with Crippen LogP contribution in [0.2, 0.25) is 0 Å². The van der Waals surface area contributed by atoms with Crippen LogP contribution in [-0.4, -0.2) is 70.9 Å². The first-order valence-corrected chi connectivity index (χ1v) is 23.0. The van der Waals surface area contributed by atoms with Crippen molar-refractivity contribution in [2.24, 2.45) is 63.5 Å². The molecule has 4 fully saturated rings. The summed E-state index contributed by atoms with van der Waals surface area (Å²) in [7, 11) is 0. The Morgan fingerprint density at radius 3 is 1.82 bits per heavy atom. The van der Waals surface area contributed by atoms with E-state index in [4.69, 9.17) is 31.4 Å². The molecule has 4 aliphatic carbocycles. The zero-order valence-electron chi connectivity index (χ0n) is 36.5. The maximum atomic E-state index is 7.06. The van der Waals surface area contributed by atoms with Crippen LogP contribution in [0.5, 0.6) is 0 Å². The maximum absolute atomic E-state index is 7.06. The van der Waals surface area contributed by atoms with Gasteiger partial charge < -0.3 is 36.7 Å². The Morgan fingerprint density at radius 1 is 0.625 bits per heavy atom. The number of nitrogens with one attached hydrogen (secondary N) is 1. The fraction of sp³-hybridized carbons (Fsp3) is 1.00. The van der Waals surface area contributed by atoms with Gasteiger partial charge in [-0.15, -0.1) is 49.6 Å². The molecule has 4 saturated carbocycles. The van der Waals surface area contributed by atoms with E-state index < -0.39 is 0 Å². The summed E-state index contributed by atoms with van der Waals surface area (Å²) in [6.45, 7) is 17.0. The summed E-state index contributed by atoms with van der Waals surface area (Å²) in [5.41, 5.74) is 18.3. The molecule has 0 aliphatic heterocycles. The topological polar surface area (TPSA) is 118 Å². The Balaban J connectivity index is 0.00000756. The van der Waals surface area contributed by atoms with E-state index >= 15 is 0 Å². The minimum atomic E-state index is 0. The fourth-order valence-electron chi connectivity index (χ4n) is 12.2. The lowest BCUT2D eigenvalue weighted by atomic mass is 9.43. The van der Waals surface area contributed by atoms with Crippen molar-refractivity contribution >= 4 is 49.6 Å². The molecule has 0 heterocycles. The molecule has 0 amide bonds. The molecule has 338 valence electrons. The normalized spacial score (nSPS) is 32.4. The van der Waals surface area contributed by atoms with Gasteiger partial charge in [0, 0.05) is 25.2 Å². The molecule has 4 aliphatic rings. The number of fused-ring (bicyclic) bond motifs is 5. The molecular weight excluding hydrogens is 786 g/mol. The van der Waals surface area contributed by atoms with Crippen LogP contribution in [-0.2, 0) is 14.2 Å². The fourth-order valence-corrected chi connectivity index (χ4v) is 12.2. The summed E-state index contributed by atoms with van der Waals surface area (Å²) in [5, 5.41) is 3.80. The molecule has 0 radical (unpaired) electrons. The van der Waals surface area contributed by atoms with Crippen molar-refractivity contribution in [3.8, 4) is 0 Å². The molecule has 0 bridgehead atoms. The van der Waals surface area contributed by atoms with E-state index in [2.05, 4.69) is 33.0 Å². The lowest BCUT2D eigenvalue weighted by Gasteiger charge is -2.65. The minimum Gasteiger partial charge on any atom is -0.378 e. The summed E-state index contributed by atoms with van der Waals surface area (Å²) >= 11 is 0. The molecular formula is C45H92Cl4N4O3. The Bertz CT molecular complexity index is 961. The number of hydrogen-bond acceptors (Lipinski definition) is 7. The van der Waals surface area contributed by atoms with Gasteiger partial charge in [-0.2, -0.15) is 0 Å². The molecule has 11 atom stereocenters. The van der Waals surface area contributed by atoms with Gasteiger partial charge in [-0.1, -0.05) is 85.5 Å². The second-order valence-electron chi connectivity index (χ2n) is 18.5. The summed E-state index contributed by atoms with van der Waals surface area (Å²) in [5.74, 6) is 3.92. The Morgan fingerprint density at radius 2 is 1.20 bits per heavy atom. The quantitative estimate of drug-likeness (QED) is 0.0578. The molecule has 0 aromatic carbocycles. The van der Waals surface area contributed by atoms with Crippen LogP contribution < -0.4 is 22.5 Å². The minimum absolute atomic E-state index is 0. The monoisotopic (exact) mass is 877 g/mol. The Kier molecular flexibility index (Phi) is 31.3. The average molecular weight is 879 g/mol. The predicted octanol–water partition coefficient (Wildman–Crippen LogP) is 10.7. The maximum Gasteiger partial charge on any atom is 0.0637 e. The van der Waals surface area contributed by atoms with Gasteiger partial charge in [0.1, 0.15) is 0 Å². The van der Waals surface area contributed by atoms with Gasteiger partial charge in [0.25, 0.3) is 0 Å². The zero-order chi connectivity index (χ0) is 37.2. The Hall–Kier alpha value is 0.880. The predicted molar refractivity (Wildman–Crippen MR) is 248 cm³/mol. The van der Waals surface area contributed by atoms with Gasteiger partial charge in [0.15, 0.2) is 0 Å². The van der Waals surface area contributed by atoms with Crippen LogP contribution in [0.3, 0.4) is 0 Å². The smallest absolute Gasteiger partial charge is 0.0637 e. The lowest BCUT2D eigenvalue weighted by Crippen LogP contribution is -2.63. The van der Waals surface area contributed by atoms with E-state index in [0.29, 0.717) is 78.9 Å². The van der Waals surface area contributed by atoms with E-state index in [-0.39, 0.29) is 55.0 Å². The molecule has 0 aromatic heterocycles. The highest BCUT2D eigenvalue weighted by molar-refractivity contribution is 5.86. The van der Waals surface area contributed by atoms with Crippen LogP contribution in [0, 0.1) is 46.3 Å². The first-order chi connectivity index (χ1) is 25.3. The molecule has 11 heteroatoms. The number of hydrogen-bond donors (Lipinski definition) is 4. The molecule has 7 N–H and O–H groups in total. The van der Waals surface area contributed by atoms with Gasteiger partial charge in [-0.05, 0) is 157 Å². The lowest BCUT2D eigenvalue weighted by molar-refractivity contribution is -0.227. The third-order valence-electron chi connectivity index (χ3n) is 15.2. The first kappa shape index (κ1) is 56.9. The molecule has 4 rings (SSSR count). The van der Waals surface area contributed by atoms with Crippen LogP contribution in [0.4, 0.5) is 0 Å². The average Bonchev–Trinajstić information content (AvgIpc) is 3.50. The highest BCUT2D eigenvalue weighted by Crippen LogP contribution is 2.69. The highest BCUT2D eigenvalue weighted by Gasteiger charge is 2.66. The second-order valence-corrected chi connectivity index (χ2v) is 18.5. The van der Waals surface area contributed by atoms with Gasteiger partial charge in [-0.25, -0.2) is 0 Å². The van der Waals surface area contributed by atoms with E-state index in [1.54, 1.807) is 0 Å². The van der Waals surface area contributed by atoms with Crippen LogP contribution >= 0.6 is 49.6 Å². The van der Waals surface area contributed by atoms with Crippen LogP contribution in [0.15, 0.2) is 0 Å². The molecule has 0 aromatic rings. The first-order valence-electron chi connectivity index (χ1n) is 23.0. The van der Waals surface area contributed by atoms with Crippen molar-refractivity contribution in [2.45, 2.75) is 187 Å². The number of halogens is 4. The standard InChI is InChI=1S/C45H88N4O3.4ClH/c1-5-6-7-8-9-10-11-12-13-14-27-49-28-15-19-35(2)38-20-21-39-43-40(34-42(45(38,39)4)52-31-18-26-48)44(3)23-22-37(50-29-16-24-46)32-36(44)33-41(43)51-30-17-25-47;;;;/h35-43,49H,5-34,46-48H2,1-4H3;4*1H/t35-,36+,37-,38-,39+,40+,41-,42+,43+,44+,45-;;;;/m1..../s1. The Labute approximate surface area is 370 Å². The van der Waals surface area contributed by atoms with Gasteiger partial charge in [0.2, 0.25) is 0 Å². The largest absolute Gasteiger partial charge is 0.378 e. The summed E-state index contributed by atoms with van der Waals surface area (Å²) in [6, 6.07) is 0. The van der Waals surface area contributed by atoms with Gasteiger partial charge >= 0.3 is 0 Å². The molecule has 0 saturated heterocycles. The summed E-state index contributed by atoms with van der Waals surface area (Å²) in [6.07, 6.45) is 29.1. The van der Waals surface area contributed by atoms with E-state index in [1.807, 2.05) is 0 Å². The van der Waals surface area contributed by atoms with Crippen molar-refractivity contribution in [2.75, 3.05) is 52.5 Å². The second kappa shape index (κ2) is 30.8. The SMILES string of the molecule is CCCCCCCCCCCCNCCC[C@@H](C)[C@H]1CC[C@H]2[C@@H]3[C@H](OCCCN)C[C@@H]4C[C@H](OCCCN)CC[C@]4(C)[C@H]3C[C@H](OCCCN)[C@]12C.Cl.Cl.Cl.Cl. The van der Waals surface area contributed by atoms with E-state index in [0.717, 1.165) is 52.0 Å². The van der Waals surface area contributed by atoms with Crippen molar-refractivity contribution in [3.63, 3.8) is 0 Å². The molecule has 0 spiro atoms. The van der Waals surface area contributed by atoms with Gasteiger partial charge in [0.05, 0.1) is 18.3 Å². The van der Waals surface area contributed by atoms with Crippen molar-refractivity contribution in [1.82, 2.24) is 5.32 Å². The summed E-state index contributed by atoms with van der Waals surface area (Å²) < 4.78 is 20.4. The van der Waals surface area contributed by atoms with Crippen molar-refractivity contribution in [1.29, 1.82) is 0 Å². The number of nitrogens with two attached hydrogens (primary N) is 3. The molecule has 7 nitrogen and oxygen atoms in total. The third-order valence-corrected chi connectivity index (χ3v) is 15.2. The number of unbranched alkanes of at least 4 members (excludes halogenated alkanes) is 9. The number of rotatable bonds is 28. The van der Waals surface area contributed by atoms with Gasteiger partial charge in [-0.3, -0.25) is 0 Å². The third kappa shape index (κ3) is 15.7. The van der Waals surface area contributed by atoms with Crippen LogP contribution in [0.1, 0.15) is 169 Å². The molecule has 0 unspecified atom stereocenters. The van der Waals surface area contributed by atoms with Crippen LogP contribution in [0.25, 0.3) is 0 Å². The zero-order valence-corrected chi connectivity index (χ0v) is 39.8. The molecule has 56 heavy (non-hydrogen) atoms.